The zero-order valence-electron chi connectivity index (χ0n) is 16.0. The minimum atomic E-state index is -0.499. The van der Waals surface area contributed by atoms with Crippen LogP contribution in [0.2, 0.25) is 0 Å². The fraction of sp³-hybridized carbons (Fsp3) is 0.0870. The number of nitrogens with one attached hydrogen (secondary N) is 2. The summed E-state index contributed by atoms with van der Waals surface area (Å²) in [4.78, 5) is 23.7. The molecule has 7 heteroatoms. The van der Waals surface area contributed by atoms with Gasteiger partial charge >= 0.3 is 0 Å². The van der Waals surface area contributed by atoms with E-state index in [1.54, 1.807) is 24.3 Å². The van der Waals surface area contributed by atoms with Crippen LogP contribution in [0.25, 0.3) is 0 Å². The van der Waals surface area contributed by atoms with Gasteiger partial charge in [0, 0.05) is 5.69 Å². The fourth-order valence-corrected chi connectivity index (χ4v) is 3.05. The summed E-state index contributed by atoms with van der Waals surface area (Å²) in [6, 6.07) is 24.3. The molecular formula is C23H20BrN3O3. The van der Waals surface area contributed by atoms with E-state index >= 15 is 0 Å². The first kappa shape index (κ1) is 21.3. The van der Waals surface area contributed by atoms with Crippen LogP contribution < -0.4 is 15.5 Å². The van der Waals surface area contributed by atoms with E-state index in [1.165, 1.54) is 6.21 Å². The molecule has 0 saturated heterocycles. The van der Waals surface area contributed by atoms with E-state index in [1.807, 2.05) is 54.6 Å². The minimum absolute atomic E-state index is 0.317. The van der Waals surface area contributed by atoms with Gasteiger partial charge in [0.15, 0.2) is 0 Å². The summed E-state index contributed by atoms with van der Waals surface area (Å²) in [6.45, 7) is 0.466. The normalized spacial score (nSPS) is 10.6. The lowest BCUT2D eigenvalue weighted by Crippen LogP contribution is -2.24. The molecule has 0 radical (unpaired) electrons. The first-order valence-corrected chi connectivity index (χ1v) is 10.0. The molecule has 30 heavy (non-hydrogen) atoms. The maximum Gasteiger partial charge on any atom is 0.249 e. The van der Waals surface area contributed by atoms with Crippen molar-refractivity contribution in [3.05, 3.63) is 94.5 Å². The second-order valence-electron chi connectivity index (χ2n) is 6.35. The zero-order chi connectivity index (χ0) is 21.2. The van der Waals surface area contributed by atoms with E-state index in [2.05, 4.69) is 31.8 Å². The molecule has 152 valence electrons. The van der Waals surface area contributed by atoms with Gasteiger partial charge in [-0.3, -0.25) is 9.59 Å². The number of anilines is 1. The first-order valence-electron chi connectivity index (χ1n) is 9.23. The number of benzene rings is 3. The van der Waals surface area contributed by atoms with Gasteiger partial charge < -0.3 is 10.1 Å². The molecule has 6 nitrogen and oxygen atoms in total. The predicted octanol–water partition coefficient (Wildman–Crippen LogP) is 4.51. The van der Waals surface area contributed by atoms with Gasteiger partial charge in [-0.15, -0.1) is 0 Å². The number of ether oxygens (including phenoxy) is 1. The average molecular weight is 466 g/mol. The standard InChI is InChI=1S/C23H20BrN3O3/c24-20-13-18(11-12-21(20)30-16-17-7-3-1-4-8-17)15-25-27-23(29)14-22(28)26-19-9-5-2-6-10-19/h1-13,15H,14,16H2,(H,26,28)(H,27,29). The molecule has 2 amide bonds. The molecule has 3 rings (SSSR count). The van der Waals surface area contributed by atoms with Crippen molar-refractivity contribution in [2.24, 2.45) is 5.10 Å². The van der Waals surface area contributed by atoms with Gasteiger partial charge in [-0.2, -0.15) is 5.10 Å². The van der Waals surface area contributed by atoms with E-state index in [4.69, 9.17) is 4.74 Å². The van der Waals surface area contributed by atoms with Crippen molar-refractivity contribution in [1.82, 2.24) is 5.43 Å². The van der Waals surface area contributed by atoms with Gasteiger partial charge in [0.2, 0.25) is 11.8 Å². The highest BCUT2D eigenvalue weighted by molar-refractivity contribution is 9.10. The van der Waals surface area contributed by atoms with Gasteiger partial charge in [-0.1, -0.05) is 48.5 Å². The quantitative estimate of drug-likeness (QED) is 0.291. The number of carbonyl (C=O) groups is 2. The van der Waals surface area contributed by atoms with E-state index in [-0.39, 0.29) is 6.42 Å². The summed E-state index contributed by atoms with van der Waals surface area (Å²) in [7, 11) is 0. The summed E-state index contributed by atoms with van der Waals surface area (Å²) in [5, 5.41) is 6.55. The number of halogens is 1. The highest BCUT2D eigenvalue weighted by Gasteiger charge is 2.09. The Morgan fingerprint density at radius 3 is 2.33 bits per heavy atom. The summed E-state index contributed by atoms with van der Waals surface area (Å²) in [5.41, 5.74) is 4.83. The monoisotopic (exact) mass is 465 g/mol. The number of para-hydroxylation sites is 1. The maximum absolute atomic E-state index is 11.9. The lowest BCUT2D eigenvalue weighted by Gasteiger charge is -2.08. The van der Waals surface area contributed by atoms with Crippen molar-refractivity contribution in [3.63, 3.8) is 0 Å². The van der Waals surface area contributed by atoms with Crippen LogP contribution in [0.1, 0.15) is 17.5 Å². The van der Waals surface area contributed by atoms with Gasteiger partial charge in [0.05, 0.1) is 10.7 Å². The number of rotatable bonds is 8. The van der Waals surface area contributed by atoms with Crippen LogP contribution in [0.15, 0.2) is 88.4 Å². The van der Waals surface area contributed by atoms with Crippen LogP contribution in [0.3, 0.4) is 0 Å². The molecule has 0 spiro atoms. The Labute approximate surface area is 183 Å². The third-order valence-corrected chi connectivity index (χ3v) is 4.59. The largest absolute Gasteiger partial charge is 0.488 e. The van der Waals surface area contributed by atoms with Crippen LogP contribution in [0.4, 0.5) is 5.69 Å². The van der Waals surface area contributed by atoms with E-state index in [0.717, 1.165) is 15.6 Å². The van der Waals surface area contributed by atoms with Gasteiger partial charge in [-0.05, 0) is 57.4 Å². The molecule has 3 aromatic carbocycles. The Balaban J connectivity index is 1.46. The number of carbonyl (C=O) groups excluding carboxylic acids is 2. The zero-order valence-corrected chi connectivity index (χ0v) is 17.6. The number of amides is 2. The maximum atomic E-state index is 11.9. The third-order valence-electron chi connectivity index (χ3n) is 3.97. The smallest absolute Gasteiger partial charge is 0.249 e. The lowest BCUT2D eigenvalue weighted by atomic mass is 10.2. The van der Waals surface area contributed by atoms with Gasteiger partial charge in [-0.25, -0.2) is 5.43 Å². The minimum Gasteiger partial charge on any atom is -0.488 e. The van der Waals surface area contributed by atoms with Crippen LogP contribution in [-0.4, -0.2) is 18.0 Å². The molecule has 0 aromatic heterocycles. The van der Waals surface area contributed by atoms with Crippen molar-refractivity contribution in [2.45, 2.75) is 13.0 Å². The predicted molar refractivity (Wildman–Crippen MR) is 120 cm³/mol. The highest BCUT2D eigenvalue weighted by Crippen LogP contribution is 2.26. The number of hydrogen-bond donors (Lipinski definition) is 2. The molecule has 0 atom stereocenters. The van der Waals surface area contributed by atoms with Crippen LogP contribution in [-0.2, 0) is 16.2 Å². The van der Waals surface area contributed by atoms with E-state index in [9.17, 15) is 9.59 Å². The molecular weight excluding hydrogens is 446 g/mol. The van der Waals surface area contributed by atoms with Crippen LogP contribution in [0, 0.1) is 0 Å². The van der Waals surface area contributed by atoms with Crippen molar-refractivity contribution < 1.29 is 14.3 Å². The van der Waals surface area contributed by atoms with Crippen molar-refractivity contribution in [1.29, 1.82) is 0 Å². The summed E-state index contributed by atoms with van der Waals surface area (Å²) in [5.74, 6) is -0.198. The van der Waals surface area contributed by atoms with Crippen molar-refractivity contribution in [3.8, 4) is 5.75 Å². The average Bonchev–Trinajstić information content (AvgIpc) is 2.74. The molecule has 0 aliphatic rings. The molecule has 0 aliphatic heterocycles. The summed E-state index contributed by atoms with van der Waals surface area (Å²) < 4.78 is 6.58. The van der Waals surface area contributed by atoms with E-state index in [0.29, 0.717) is 18.0 Å². The van der Waals surface area contributed by atoms with Crippen LogP contribution in [0.5, 0.6) is 5.75 Å². The molecule has 3 aromatic rings. The van der Waals surface area contributed by atoms with Crippen molar-refractivity contribution >= 4 is 39.6 Å². The van der Waals surface area contributed by atoms with Crippen LogP contribution >= 0.6 is 15.9 Å². The highest BCUT2D eigenvalue weighted by atomic mass is 79.9. The number of hydrogen-bond acceptors (Lipinski definition) is 4. The molecule has 0 aliphatic carbocycles. The summed E-state index contributed by atoms with van der Waals surface area (Å²) >= 11 is 3.48. The van der Waals surface area contributed by atoms with E-state index < -0.39 is 11.8 Å². The number of hydrazone groups is 1. The Morgan fingerprint density at radius 1 is 0.933 bits per heavy atom. The lowest BCUT2D eigenvalue weighted by molar-refractivity contribution is -0.126. The molecule has 0 heterocycles. The molecule has 0 unspecified atom stereocenters. The van der Waals surface area contributed by atoms with Crippen molar-refractivity contribution in [2.75, 3.05) is 5.32 Å². The Bertz CT molecular complexity index is 1020. The molecule has 0 bridgehead atoms. The summed E-state index contributed by atoms with van der Waals surface area (Å²) in [6.07, 6.45) is 1.18. The second-order valence-corrected chi connectivity index (χ2v) is 7.20. The molecule has 0 fully saturated rings. The Morgan fingerprint density at radius 2 is 1.63 bits per heavy atom. The second kappa shape index (κ2) is 10.9. The first-order chi connectivity index (χ1) is 14.6. The van der Waals surface area contributed by atoms with Gasteiger partial charge in [0.1, 0.15) is 18.8 Å². The Kier molecular flexibility index (Phi) is 7.74. The van der Waals surface area contributed by atoms with Gasteiger partial charge in [0.25, 0.3) is 0 Å². The topological polar surface area (TPSA) is 79.8 Å². The molecule has 2 N–H and O–H groups in total. The SMILES string of the molecule is O=C(CC(=O)Nc1ccccc1)NN=Cc1ccc(OCc2ccccc2)c(Br)c1. The number of nitrogens with zero attached hydrogens (tertiary/aromatic N) is 1. The Hall–Kier alpha value is -3.45. The molecule has 0 saturated carbocycles. The fourth-order valence-electron chi connectivity index (χ4n) is 2.54. The third kappa shape index (κ3) is 6.86.